The third kappa shape index (κ3) is 4.88. The van der Waals surface area contributed by atoms with Crippen molar-refractivity contribution in [3.63, 3.8) is 0 Å². The summed E-state index contributed by atoms with van der Waals surface area (Å²) in [6.07, 6.45) is 6.16. The van der Waals surface area contributed by atoms with Gasteiger partial charge in [0.15, 0.2) is 9.84 Å². The summed E-state index contributed by atoms with van der Waals surface area (Å²) in [6.45, 7) is 5.04. The molecule has 7 rings (SSSR count). The van der Waals surface area contributed by atoms with Gasteiger partial charge in [0.2, 0.25) is 5.95 Å². The molecule has 5 fully saturated rings. The predicted molar refractivity (Wildman–Crippen MR) is 145 cm³/mol. The minimum absolute atomic E-state index is 0.00838. The first kappa shape index (κ1) is 26.4. The molecule has 4 bridgehead atoms. The zero-order valence-electron chi connectivity index (χ0n) is 22.4. The van der Waals surface area contributed by atoms with Gasteiger partial charge in [-0.3, -0.25) is 4.79 Å². The molecule has 0 radical (unpaired) electrons. The topological polar surface area (TPSA) is 116 Å². The highest BCUT2D eigenvalue weighted by Gasteiger charge is 2.55. The normalized spacial score (nSPS) is 31.9. The number of carbonyl (C=O) groups is 1. The minimum atomic E-state index is -3.48. The van der Waals surface area contributed by atoms with Gasteiger partial charge < -0.3 is 20.2 Å². The smallest absolute Gasteiger partial charge is 0.270 e. The number of hydrogen-bond donors (Lipinski definition) is 2. The summed E-state index contributed by atoms with van der Waals surface area (Å²) in [4.78, 5) is 26.2. The van der Waals surface area contributed by atoms with E-state index in [0.29, 0.717) is 54.7 Å². The highest BCUT2D eigenvalue weighted by atomic mass is 32.2. The molecule has 5 aliphatic rings. The molecule has 9 nitrogen and oxygen atoms in total. The van der Waals surface area contributed by atoms with Crippen LogP contribution in [0, 0.1) is 23.6 Å². The molecule has 4 saturated carbocycles. The summed E-state index contributed by atoms with van der Waals surface area (Å²) in [7, 11) is -3.48. The summed E-state index contributed by atoms with van der Waals surface area (Å²) in [6, 6.07) is 5.73. The number of anilines is 2. The summed E-state index contributed by atoms with van der Waals surface area (Å²) in [5.41, 5.74) is 0.142. The molecular formula is C28H36FN5O4S. The maximum absolute atomic E-state index is 14.9. The van der Waals surface area contributed by atoms with Crippen molar-refractivity contribution in [2.45, 2.75) is 68.5 Å². The van der Waals surface area contributed by atoms with Crippen molar-refractivity contribution in [2.75, 3.05) is 35.2 Å². The Balaban J connectivity index is 1.12. The van der Waals surface area contributed by atoms with E-state index in [1.165, 1.54) is 19.1 Å². The van der Waals surface area contributed by atoms with E-state index < -0.39 is 21.3 Å². The molecule has 1 saturated heterocycles. The molecule has 3 atom stereocenters. The first-order chi connectivity index (χ1) is 18.5. The van der Waals surface area contributed by atoms with Gasteiger partial charge in [-0.1, -0.05) is 6.92 Å². The lowest BCUT2D eigenvalue weighted by atomic mass is 9.52. The SMILES string of the molecule is CCS(=O)(=O)c1ccc(N2CCN(c3nccc(C(=O)NC4C5CC6CC4CC(O)(C6)C5)n3)C(C)C2)c(F)c1. The largest absolute Gasteiger partial charge is 0.390 e. The van der Waals surface area contributed by atoms with Crippen LogP contribution in [0.15, 0.2) is 35.4 Å². The number of benzene rings is 1. The molecule has 1 aromatic carbocycles. The van der Waals surface area contributed by atoms with Crippen molar-refractivity contribution in [3.8, 4) is 0 Å². The van der Waals surface area contributed by atoms with E-state index in [0.717, 1.165) is 38.2 Å². The second-order valence-corrected chi connectivity index (χ2v) is 14.2. The molecule has 4 aliphatic carbocycles. The Hall–Kier alpha value is -2.79. The summed E-state index contributed by atoms with van der Waals surface area (Å²) in [5.74, 6) is 0.814. The number of hydrogen-bond acceptors (Lipinski definition) is 8. The number of aliphatic hydroxyl groups is 1. The molecule has 11 heteroatoms. The maximum atomic E-state index is 14.9. The van der Waals surface area contributed by atoms with E-state index in [4.69, 9.17) is 0 Å². The maximum Gasteiger partial charge on any atom is 0.270 e. The number of piperazine rings is 1. The number of nitrogens with zero attached hydrogens (tertiary/aromatic N) is 4. The molecule has 1 aliphatic heterocycles. The Labute approximate surface area is 228 Å². The van der Waals surface area contributed by atoms with Crippen molar-refractivity contribution in [1.82, 2.24) is 15.3 Å². The molecule has 2 N–H and O–H groups in total. The first-order valence-electron chi connectivity index (χ1n) is 14.0. The fourth-order valence-electron chi connectivity index (χ4n) is 7.63. The van der Waals surface area contributed by atoms with E-state index in [-0.39, 0.29) is 28.6 Å². The zero-order valence-corrected chi connectivity index (χ0v) is 23.2. The molecule has 0 spiro atoms. The third-order valence-electron chi connectivity index (χ3n) is 9.30. The number of nitrogens with one attached hydrogen (secondary N) is 1. The Morgan fingerprint density at radius 1 is 1.18 bits per heavy atom. The van der Waals surface area contributed by atoms with E-state index in [1.807, 2.05) is 16.7 Å². The van der Waals surface area contributed by atoms with Gasteiger partial charge >= 0.3 is 0 Å². The first-order valence-corrected chi connectivity index (χ1v) is 15.6. The van der Waals surface area contributed by atoms with E-state index in [1.54, 1.807) is 12.3 Å². The fraction of sp³-hybridized carbons (Fsp3) is 0.607. The van der Waals surface area contributed by atoms with Gasteiger partial charge in [0.1, 0.15) is 11.5 Å². The zero-order chi connectivity index (χ0) is 27.5. The fourth-order valence-corrected chi connectivity index (χ4v) is 8.53. The standard InChI is InChI=1S/C28H36FN5O4S/c1-3-39(37,38)21-4-5-24(22(29)12-21)33-8-9-34(17(2)16-33)27-30-7-6-23(31-27)26(35)32-25-19-10-18-11-20(25)15-28(36,13-18)14-19/h4-7,12,17-20,25,36H,3,8-11,13-16H2,1-2H3,(H,32,35). The van der Waals surface area contributed by atoms with Crippen LogP contribution in [0.3, 0.4) is 0 Å². The Kier molecular flexibility index (Phi) is 6.57. The summed E-state index contributed by atoms with van der Waals surface area (Å²) >= 11 is 0. The van der Waals surface area contributed by atoms with Crippen LogP contribution in [0.1, 0.15) is 56.4 Å². The van der Waals surface area contributed by atoms with Gasteiger partial charge in [0.25, 0.3) is 5.91 Å². The molecule has 39 heavy (non-hydrogen) atoms. The molecule has 2 heterocycles. The Morgan fingerprint density at radius 2 is 1.92 bits per heavy atom. The third-order valence-corrected chi connectivity index (χ3v) is 11.0. The quantitative estimate of drug-likeness (QED) is 0.557. The van der Waals surface area contributed by atoms with Crippen LogP contribution in [0.5, 0.6) is 0 Å². The molecule has 2 aromatic rings. The van der Waals surface area contributed by atoms with Gasteiger partial charge in [-0.15, -0.1) is 0 Å². The van der Waals surface area contributed by atoms with Gasteiger partial charge in [-0.2, -0.15) is 0 Å². The second kappa shape index (κ2) is 9.69. The van der Waals surface area contributed by atoms with Crippen molar-refractivity contribution in [3.05, 3.63) is 42.0 Å². The minimum Gasteiger partial charge on any atom is -0.390 e. The number of halogens is 1. The van der Waals surface area contributed by atoms with Crippen LogP contribution in [0.2, 0.25) is 0 Å². The second-order valence-electron chi connectivity index (χ2n) is 11.9. The molecule has 210 valence electrons. The molecule has 1 amide bonds. The van der Waals surface area contributed by atoms with Crippen molar-refractivity contribution >= 4 is 27.4 Å². The van der Waals surface area contributed by atoms with Gasteiger partial charge in [-0.25, -0.2) is 22.8 Å². The summed E-state index contributed by atoms with van der Waals surface area (Å²) < 4.78 is 39.1. The van der Waals surface area contributed by atoms with E-state index in [9.17, 15) is 22.7 Å². The van der Waals surface area contributed by atoms with Crippen LogP contribution < -0.4 is 15.1 Å². The van der Waals surface area contributed by atoms with E-state index in [2.05, 4.69) is 15.3 Å². The lowest BCUT2D eigenvalue weighted by Crippen LogP contribution is -2.61. The summed E-state index contributed by atoms with van der Waals surface area (Å²) in [5, 5.41) is 14.1. The molecular weight excluding hydrogens is 521 g/mol. The van der Waals surface area contributed by atoms with Crippen molar-refractivity contribution < 1.29 is 22.7 Å². The average Bonchev–Trinajstić information content (AvgIpc) is 2.89. The van der Waals surface area contributed by atoms with Crippen LogP contribution in [-0.4, -0.2) is 72.5 Å². The average molecular weight is 558 g/mol. The highest BCUT2D eigenvalue weighted by molar-refractivity contribution is 7.91. The van der Waals surface area contributed by atoms with Crippen LogP contribution >= 0.6 is 0 Å². The highest BCUT2D eigenvalue weighted by Crippen LogP contribution is 2.55. The molecule has 1 aromatic heterocycles. The number of sulfone groups is 1. The van der Waals surface area contributed by atoms with Gasteiger partial charge in [-0.05, 0) is 81.0 Å². The number of carbonyl (C=O) groups excluding carboxylic acids is 1. The Morgan fingerprint density at radius 3 is 2.56 bits per heavy atom. The van der Waals surface area contributed by atoms with Crippen LogP contribution in [0.25, 0.3) is 0 Å². The lowest BCUT2D eigenvalue weighted by molar-refractivity contribution is -0.136. The van der Waals surface area contributed by atoms with Gasteiger partial charge in [0, 0.05) is 37.9 Å². The predicted octanol–water partition coefficient (Wildman–Crippen LogP) is 2.79. The number of aromatic nitrogens is 2. The van der Waals surface area contributed by atoms with Crippen LogP contribution in [-0.2, 0) is 9.84 Å². The number of rotatable bonds is 6. The van der Waals surface area contributed by atoms with Crippen molar-refractivity contribution in [1.29, 1.82) is 0 Å². The lowest BCUT2D eigenvalue weighted by Gasteiger charge is -2.58. The molecule has 3 unspecified atom stereocenters. The van der Waals surface area contributed by atoms with E-state index >= 15 is 0 Å². The van der Waals surface area contributed by atoms with Crippen molar-refractivity contribution in [2.24, 2.45) is 17.8 Å². The number of amides is 1. The van der Waals surface area contributed by atoms with Gasteiger partial charge in [0.05, 0.1) is 21.9 Å². The monoisotopic (exact) mass is 557 g/mol. The Bertz CT molecular complexity index is 1370. The van der Waals surface area contributed by atoms with Crippen LogP contribution in [0.4, 0.5) is 16.0 Å².